The molecule has 0 saturated carbocycles. The highest BCUT2D eigenvalue weighted by atomic mass is 19.1. The molecular formula is C19H22F2N4. The fraction of sp³-hybridized carbons (Fsp3) is 0.526. The van der Waals surface area contributed by atoms with Gasteiger partial charge in [0, 0.05) is 49.0 Å². The van der Waals surface area contributed by atoms with E-state index in [4.69, 9.17) is 0 Å². The molecule has 132 valence electrons. The number of nitrogens with zero attached hydrogens (tertiary/aromatic N) is 3. The van der Waals surface area contributed by atoms with Gasteiger partial charge in [0.1, 0.15) is 11.6 Å². The molecule has 25 heavy (non-hydrogen) atoms. The van der Waals surface area contributed by atoms with Gasteiger partial charge in [0.2, 0.25) is 0 Å². The van der Waals surface area contributed by atoms with Crippen LogP contribution >= 0.6 is 0 Å². The lowest BCUT2D eigenvalue weighted by atomic mass is 9.75. The van der Waals surface area contributed by atoms with Crippen molar-refractivity contribution in [3.8, 4) is 0 Å². The zero-order chi connectivity index (χ0) is 17.0. The zero-order valence-corrected chi connectivity index (χ0v) is 14.0. The highest BCUT2D eigenvalue weighted by Gasteiger charge is 2.53. The Kier molecular flexibility index (Phi) is 3.64. The summed E-state index contributed by atoms with van der Waals surface area (Å²) < 4.78 is 27.6. The summed E-state index contributed by atoms with van der Waals surface area (Å²) >= 11 is 0. The molecule has 5 heterocycles. The molecule has 0 amide bonds. The van der Waals surface area contributed by atoms with E-state index < -0.39 is 11.6 Å². The molecule has 0 radical (unpaired) electrons. The molecule has 6 heteroatoms. The van der Waals surface area contributed by atoms with Crippen molar-refractivity contribution in [2.75, 3.05) is 19.6 Å². The highest BCUT2D eigenvalue weighted by molar-refractivity contribution is 5.28. The van der Waals surface area contributed by atoms with Crippen molar-refractivity contribution in [3.63, 3.8) is 0 Å². The minimum absolute atomic E-state index is 0.154. The number of rotatable bonds is 3. The molecule has 0 unspecified atom stereocenters. The molecule has 4 saturated heterocycles. The molecule has 0 aliphatic carbocycles. The van der Waals surface area contributed by atoms with E-state index in [0.717, 1.165) is 43.5 Å². The van der Waals surface area contributed by atoms with Gasteiger partial charge in [-0.3, -0.25) is 9.80 Å². The standard InChI is InChI=1S/C19H22F2N4/c20-14-5-13(6-15(21)7-14)17-10-25(9-16-8-22-11-23-16)18-12-1-3-24(4-2-12)19(17)18/h5-8,11-12,17-19H,1-4,9-10H2,(H,22,23)/t17-,18+,19+/m0/s1. The van der Waals surface area contributed by atoms with Crippen LogP contribution in [0.15, 0.2) is 30.7 Å². The Morgan fingerprint density at radius 3 is 2.52 bits per heavy atom. The minimum Gasteiger partial charge on any atom is -0.347 e. The van der Waals surface area contributed by atoms with Crippen molar-refractivity contribution in [1.82, 2.24) is 19.8 Å². The Labute approximate surface area is 145 Å². The molecule has 4 aliphatic heterocycles. The van der Waals surface area contributed by atoms with Crippen LogP contribution in [0, 0.1) is 17.6 Å². The molecule has 4 aliphatic rings. The zero-order valence-electron chi connectivity index (χ0n) is 14.0. The Morgan fingerprint density at radius 1 is 1.08 bits per heavy atom. The fourth-order valence-corrected chi connectivity index (χ4v) is 5.39. The van der Waals surface area contributed by atoms with Crippen molar-refractivity contribution < 1.29 is 8.78 Å². The first-order valence-electron chi connectivity index (χ1n) is 9.10. The van der Waals surface area contributed by atoms with Crippen molar-refractivity contribution in [2.24, 2.45) is 5.92 Å². The van der Waals surface area contributed by atoms with Crippen molar-refractivity contribution in [1.29, 1.82) is 0 Å². The van der Waals surface area contributed by atoms with Crippen molar-refractivity contribution in [2.45, 2.75) is 37.4 Å². The van der Waals surface area contributed by atoms with Gasteiger partial charge in [0.25, 0.3) is 0 Å². The van der Waals surface area contributed by atoms with E-state index in [0.29, 0.717) is 18.0 Å². The van der Waals surface area contributed by atoms with E-state index in [2.05, 4.69) is 19.8 Å². The quantitative estimate of drug-likeness (QED) is 0.930. The average Bonchev–Trinajstić information content (AvgIpc) is 3.24. The molecule has 3 atom stereocenters. The Balaban J connectivity index is 1.51. The van der Waals surface area contributed by atoms with E-state index in [1.54, 1.807) is 6.33 Å². The molecule has 2 bridgehead atoms. The lowest BCUT2D eigenvalue weighted by molar-refractivity contribution is -0.00897. The van der Waals surface area contributed by atoms with Gasteiger partial charge >= 0.3 is 0 Å². The van der Waals surface area contributed by atoms with Gasteiger partial charge in [0.15, 0.2) is 0 Å². The number of piperidine rings is 3. The van der Waals surface area contributed by atoms with Gasteiger partial charge in [0.05, 0.1) is 6.33 Å². The lowest BCUT2D eigenvalue weighted by Crippen LogP contribution is -2.60. The molecule has 4 fully saturated rings. The summed E-state index contributed by atoms with van der Waals surface area (Å²) in [6.45, 7) is 3.88. The van der Waals surface area contributed by atoms with Gasteiger partial charge in [-0.05, 0) is 49.5 Å². The molecule has 2 aromatic rings. The molecule has 6 rings (SSSR count). The second kappa shape index (κ2) is 5.88. The van der Waals surface area contributed by atoms with E-state index in [1.807, 2.05) is 6.20 Å². The van der Waals surface area contributed by atoms with Gasteiger partial charge in [-0.15, -0.1) is 0 Å². The third-order valence-corrected chi connectivity index (χ3v) is 6.34. The van der Waals surface area contributed by atoms with Crippen molar-refractivity contribution in [3.05, 3.63) is 53.6 Å². The van der Waals surface area contributed by atoms with Crippen LogP contribution in [0.2, 0.25) is 0 Å². The number of nitrogens with one attached hydrogen (secondary N) is 1. The van der Waals surface area contributed by atoms with Gasteiger partial charge in [-0.1, -0.05) is 0 Å². The summed E-state index contributed by atoms with van der Waals surface area (Å²) in [6.07, 6.45) is 6.03. The van der Waals surface area contributed by atoms with Crippen LogP contribution < -0.4 is 0 Å². The molecule has 1 aromatic heterocycles. The van der Waals surface area contributed by atoms with Crippen molar-refractivity contribution >= 4 is 0 Å². The number of benzene rings is 1. The Hall–Kier alpha value is -1.79. The maximum atomic E-state index is 13.8. The van der Waals surface area contributed by atoms with Crippen LogP contribution in [0.3, 0.4) is 0 Å². The van der Waals surface area contributed by atoms with E-state index >= 15 is 0 Å². The normalized spacial score (nSPS) is 34.4. The highest BCUT2D eigenvalue weighted by Crippen LogP contribution is 2.47. The summed E-state index contributed by atoms with van der Waals surface area (Å²) in [4.78, 5) is 12.4. The maximum absolute atomic E-state index is 13.8. The van der Waals surface area contributed by atoms with Crippen LogP contribution in [0.4, 0.5) is 8.78 Å². The number of aromatic nitrogens is 2. The van der Waals surface area contributed by atoms with Crippen LogP contribution in [0.1, 0.15) is 30.0 Å². The van der Waals surface area contributed by atoms with Gasteiger partial charge in [-0.2, -0.15) is 0 Å². The summed E-state index contributed by atoms with van der Waals surface area (Å²) in [5.41, 5.74) is 1.90. The van der Waals surface area contributed by atoms with E-state index in [9.17, 15) is 8.78 Å². The second-order valence-electron chi connectivity index (χ2n) is 7.67. The van der Waals surface area contributed by atoms with E-state index in [1.165, 1.54) is 25.0 Å². The molecule has 0 spiro atoms. The topological polar surface area (TPSA) is 35.2 Å². The third-order valence-electron chi connectivity index (χ3n) is 6.34. The lowest BCUT2D eigenvalue weighted by Gasteiger charge is -2.51. The largest absolute Gasteiger partial charge is 0.347 e. The van der Waals surface area contributed by atoms with Gasteiger partial charge in [-0.25, -0.2) is 13.8 Å². The minimum atomic E-state index is -0.477. The number of H-pyrrole nitrogens is 1. The first kappa shape index (κ1) is 15.5. The average molecular weight is 344 g/mol. The first-order chi connectivity index (χ1) is 12.2. The van der Waals surface area contributed by atoms with Gasteiger partial charge < -0.3 is 4.98 Å². The first-order valence-corrected chi connectivity index (χ1v) is 9.10. The number of imidazole rings is 1. The number of halogens is 2. The predicted octanol–water partition coefficient (Wildman–Crippen LogP) is 2.75. The maximum Gasteiger partial charge on any atom is 0.126 e. The number of hydrogen-bond acceptors (Lipinski definition) is 3. The number of hydrogen-bond donors (Lipinski definition) is 1. The van der Waals surface area contributed by atoms with Crippen LogP contribution in [-0.2, 0) is 6.54 Å². The van der Waals surface area contributed by atoms with E-state index in [-0.39, 0.29) is 5.92 Å². The smallest absolute Gasteiger partial charge is 0.126 e. The molecule has 1 N–H and O–H groups in total. The molecule has 4 nitrogen and oxygen atoms in total. The Morgan fingerprint density at radius 2 is 1.84 bits per heavy atom. The summed E-state index contributed by atoms with van der Waals surface area (Å²) in [6, 6.07) is 4.83. The summed E-state index contributed by atoms with van der Waals surface area (Å²) in [5, 5.41) is 0. The third kappa shape index (κ3) is 2.59. The van der Waals surface area contributed by atoms with Crippen LogP contribution in [0.25, 0.3) is 0 Å². The molecule has 1 aromatic carbocycles. The second-order valence-corrected chi connectivity index (χ2v) is 7.67. The number of likely N-dealkylation sites (tertiary alicyclic amines) is 1. The predicted molar refractivity (Wildman–Crippen MR) is 90.0 cm³/mol. The summed E-state index contributed by atoms with van der Waals surface area (Å²) in [7, 11) is 0. The number of aromatic amines is 1. The monoisotopic (exact) mass is 344 g/mol. The number of fused-ring (bicyclic) bond motifs is 2. The Bertz CT molecular complexity index is 735. The fourth-order valence-electron chi connectivity index (χ4n) is 5.39. The molecular weight excluding hydrogens is 322 g/mol. The van der Waals surface area contributed by atoms with Crippen LogP contribution in [-0.4, -0.2) is 51.5 Å². The summed E-state index contributed by atoms with van der Waals surface area (Å²) in [5.74, 6) is -0.119. The van der Waals surface area contributed by atoms with Crippen LogP contribution in [0.5, 0.6) is 0 Å². The SMILES string of the molecule is Fc1cc(F)cc([C@@H]2CN(Cc3cnc[nH]3)[C@@H]3C4CCN(CC4)[C@@H]32)c1.